The van der Waals surface area contributed by atoms with E-state index in [2.05, 4.69) is 10.6 Å². The van der Waals surface area contributed by atoms with Crippen LogP contribution in [-0.4, -0.2) is 11.8 Å². The average Bonchev–Trinajstić information content (AvgIpc) is 3.17. The number of fused-ring (bicyclic) bond motifs is 1. The summed E-state index contributed by atoms with van der Waals surface area (Å²) in [6.45, 7) is 0. The summed E-state index contributed by atoms with van der Waals surface area (Å²) in [6, 6.07) is 5.15. The quantitative estimate of drug-likeness (QED) is 0.588. The largest absolute Gasteiger partial charge is 0.416 e. The predicted octanol–water partition coefficient (Wildman–Crippen LogP) is 3.50. The lowest BCUT2D eigenvalue weighted by molar-refractivity contribution is -0.137. The van der Waals surface area contributed by atoms with Crippen molar-refractivity contribution in [1.29, 1.82) is 0 Å². The maximum absolute atomic E-state index is 13.6. The van der Waals surface area contributed by atoms with E-state index < -0.39 is 41.0 Å². The van der Waals surface area contributed by atoms with Crippen LogP contribution in [0.4, 0.5) is 26.3 Å². The number of carbonyl (C=O) groups is 2. The fourth-order valence-electron chi connectivity index (χ4n) is 3.17. The highest BCUT2D eigenvalue weighted by molar-refractivity contribution is 6.30. The van der Waals surface area contributed by atoms with Gasteiger partial charge in [-0.2, -0.15) is 13.2 Å². The molecule has 0 aliphatic carbocycles. The van der Waals surface area contributed by atoms with Crippen LogP contribution in [0.1, 0.15) is 16.7 Å². The fraction of sp³-hybridized carbons (Fsp3) is 0.0526. The Labute approximate surface area is 158 Å². The molecular formula is C19H8F6N2O2. The number of alkyl halides is 3. The van der Waals surface area contributed by atoms with E-state index in [-0.39, 0.29) is 33.7 Å². The van der Waals surface area contributed by atoms with Gasteiger partial charge in [0.25, 0.3) is 11.8 Å². The van der Waals surface area contributed by atoms with Crippen molar-refractivity contribution in [2.75, 3.05) is 0 Å². The van der Waals surface area contributed by atoms with E-state index in [9.17, 15) is 35.9 Å². The molecule has 10 heteroatoms. The van der Waals surface area contributed by atoms with Gasteiger partial charge in [-0.25, -0.2) is 13.2 Å². The Balaban J connectivity index is 1.89. The Morgan fingerprint density at radius 1 is 0.724 bits per heavy atom. The van der Waals surface area contributed by atoms with Crippen molar-refractivity contribution in [2.24, 2.45) is 0 Å². The van der Waals surface area contributed by atoms with E-state index >= 15 is 0 Å². The topological polar surface area (TPSA) is 58.2 Å². The minimum Gasteiger partial charge on any atom is -0.321 e. The van der Waals surface area contributed by atoms with Crippen molar-refractivity contribution in [3.8, 4) is 0 Å². The van der Waals surface area contributed by atoms with Crippen LogP contribution >= 0.6 is 0 Å². The molecule has 2 aromatic rings. The lowest BCUT2D eigenvalue weighted by Crippen LogP contribution is -2.21. The first-order chi connectivity index (χ1) is 13.6. The number of benzene rings is 2. The van der Waals surface area contributed by atoms with Gasteiger partial charge >= 0.3 is 6.18 Å². The van der Waals surface area contributed by atoms with Gasteiger partial charge in [0.1, 0.15) is 0 Å². The molecule has 2 aliphatic heterocycles. The molecule has 0 saturated heterocycles. The molecule has 2 aliphatic rings. The standard InChI is InChI=1S/C19H8F6N2O2/c20-10-5-8(6-11(21)14(10)22)16-13-12(17(28)27-16)15(26-18(13)29)7-2-1-3-9(4-7)19(23,24)25/h1-6H,(H,26,29)(H,27,28). The molecule has 0 unspecified atom stereocenters. The van der Waals surface area contributed by atoms with Gasteiger partial charge in [-0.05, 0) is 29.8 Å². The molecule has 0 radical (unpaired) electrons. The van der Waals surface area contributed by atoms with Crippen LogP contribution in [0.25, 0.3) is 11.4 Å². The summed E-state index contributed by atoms with van der Waals surface area (Å²) in [5, 5.41) is 4.58. The Hall–Kier alpha value is -3.56. The van der Waals surface area contributed by atoms with E-state index in [1.807, 2.05) is 0 Å². The molecule has 2 heterocycles. The molecule has 0 aromatic heterocycles. The fourth-order valence-corrected chi connectivity index (χ4v) is 3.17. The molecule has 2 aromatic carbocycles. The van der Waals surface area contributed by atoms with Crippen molar-refractivity contribution in [2.45, 2.75) is 6.18 Å². The summed E-state index contributed by atoms with van der Waals surface area (Å²) in [5.41, 5.74) is -2.39. The van der Waals surface area contributed by atoms with Crippen LogP contribution in [0.15, 0.2) is 47.5 Å². The molecule has 4 nitrogen and oxygen atoms in total. The molecular weight excluding hydrogens is 402 g/mol. The highest BCUT2D eigenvalue weighted by atomic mass is 19.4. The summed E-state index contributed by atoms with van der Waals surface area (Å²) in [5.74, 6) is -6.50. The summed E-state index contributed by atoms with van der Waals surface area (Å²) >= 11 is 0. The number of hydrogen-bond acceptors (Lipinski definition) is 2. The minimum absolute atomic E-state index is 0.0777. The van der Waals surface area contributed by atoms with E-state index in [1.165, 1.54) is 6.07 Å². The molecule has 2 amide bonds. The minimum atomic E-state index is -4.64. The summed E-state index contributed by atoms with van der Waals surface area (Å²) in [6.07, 6.45) is -4.64. The van der Waals surface area contributed by atoms with Gasteiger partial charge in [0.2, 0.25) is 0 Å². The van der Waals surface area contributed by atoms with Gasteiger partial charge in [-0.15, -0.1) is 0 Å². The van der Waals surface area contributed by atoms with Gasteiger partial charge in [-0.3, -0.25) is 9.59 Å². The van der Waals surface area contributed by atoms with Gasteiger partial charge in [0.05, 0.1) is 28.1 Å². The molecule has 0 bridgehead atoms. The number of rotatable bonds is 2. The first kappa shape index (κ1) is 18.8. The second-order valence-corrected chi connectivity index (χ2v) is 6.24. The first-order valence-corrected chi connectivity index (χ1v) is 8.02. The highest BCUT2D eigenvalue weighted by Gasteiger charge is 2.41. The Kier molecular flexibility index (Phi) is 4.03. The molecule has 0 saturated carbocycles. The number of amides is 2. The molecule has 4 rings (SSSR count). The lowest BCUT2D eigenvalue weighted by atomic mass is 10.0. The van der Waals surface area contributed by atoms with Gasteiger partial charge in [0.15, 0.2) is 17.5 Å². The van der Waals surface area contributed by atoms with Crippen molar-refractivity contribution < 1.29 is 35.9 Å². The first-order valence-electron chi connectivity index (χ1n) is 8.02. The highest BCUT2D eigenvalue weighted by Crippen LogP contribution is 2.39. The summed E-state index contributed by atoms with van der Waals surface area (Å²) in [4.78, 5) is 24.8. The average molecular weight is 410 g/mol. The maximum Gasteiger partial charge on any atom is 0.416 e. The number of nitrogens with one attached hydrogen (secondary N) is 2. The molecule has 29 heavy (non-hydrogen) atoms. The van der Waals surface area contributed by atoms with Crippen LogP contribution in [0.2, 0.25) is 0 Å². The Morgan fingerprint density at radius 2 is 1.24 bits per heavy atom. The van der Waals surface area contributed by atoms with Crippen molar-refractivity contribution in [3.05, 3.63) is 81.7 Å². The monoisotopic (exact) mass is 410 g/mol. The van der Waals surface area contributed by atoms with Crippen LogP contribution in [-0.2, 0) is 15.8 Å². The lowest BCUT2D eigenvalue weighted by Gasteiger charge is -2.10. The zero-order valence-electron chi connectivity index (χ0n) is 14.0. The number of halogens is 6. The van der Waals surface area contributed by atoms with E-state index in [1.54, 1.807) is 0 Å². The van der Waals surface area contributed by atoms with E-state index in [0.717, 1.165) is 18.2 Å². The second-order valence-electron chi connectivity index (χ2n) is 6.24. The third kappa shape index (κ3) is 2.96. The van der Waals surface area contributed by atoms with Gasteiger partial charge in [0, 0.05) is 5.56 Å². The summed E-state index contributed by atoms with van der Waals surface area (Å²) in [7, 11) is 0. The van der Waals surface area contributed by atoms with Crippen LogP contribution < -0.4 is 10.6 Å². The van der Waals surface area contributed by atoms with Crippen molar-refractivity contribution >= 4 is 23.2 Å². The zero-order valence-corrected chi connectivity index (χ0v) is 14.0. The van der Waals surface area contributed by atoms with Crippen molar-refractivity contribution in [3.63, 3.8) is 0 Å². The molecule has 0 fully saturated rings. The van der Waals surface area contributed by atoms with E-state index in [4.69, 9.17) is 0 Å². The molecule has 0 atom stereocenters. The normalized spacial score (nSPS) is 16.3. The number of carbonyl (C=O) groups excluding carboxylic acids is 2. The van der Waals surface area contributed by atoms with E-state index in [0.29, 0.717) is 12.1 Å². The Morgan fingerprint density at radius 3 is 1.76 bits per heavy atom. The summed E-state index contributed by atoms with van der Waals surface area (Å²) < 4.78 is 79.2. The third-order valence-electron chi connectivity index (χ3n) is 4.43. The predicted molar refractivity (Wildman–Crippen MR) is 87.9 cm³/mol. The molecule has 148 valence electrons. The second kappa shape index (κ2) is 6.23. The Bertz CT molecular complexity index is 1140. The van der Waals surface area contributed by atoms with Crippen LogP contribution in [0.3, 0.4) is 0 Å². The molecule has 2 N–H and O–H groups in total. The van der Waals surface area contributed by atoms with Crippen LogP contribution in [0, 0.1) is 17.5 Å². The SMILES string of the molecule is O=C1NC(c2cc(F)c(F)c(F)c2)=C2C(=O)NC(c3cccc(C(F)(F)F)c3)=C12. The van der Waals surface area contributed by atoms with Crippen molar-refractivity contribution in [1.82, 2.24) is 10.6 Å². The van der Waals surface area contributed by atoms with Crippen LogP contribution in [0.5, 0.6) is 0 Å². The third-order valence-corrected chi connectivity index (χ3v) is 4.43. The maximum atomic E-state index is 13.6. The van der Waals surface area contributed by atoms with Gasteiger partial charge in [-0.1, -0.05) is 12.1 Å². The van der Waals surface area contributed by atoms with Gasteiger partial charge < -0.3 is 10.6 Å². The molecule has 0 spiro atoms. The smallest absolute Gasteiger partial charge is 0.321 e. The number of hydrogen-bond donors (Lipinski definition) is 2. The zero-order chi connectivity index (χ0) is 21.1.